The molecule has 1 amide bonds. The van der Waals surface area contributed by atoms with Gasteiger partial charge in [-0.1, -0.05) is 60.7 Å². The summed E-state index contributed by atoms with van der Waals surface area (Å²) in [7, 11) is 1.36. The first kappa shape index (κ1) is 28.4. The number of ether oxygens (including phenoxy) is 1. The van der Waals surface area contributed by atoms with Gasteiger partial charge in [0, 0.05) is 34.5 Å². The molecule has 2 aliphatic heterocycles. The van der Waals surface area contributed by atoms with E-state index in [0.717, 1.165) is 50.2 Å². The molecule has 0 aliphatic carbocycles. The SMILES string of the molecule is COC(=O)C1=C(C)NC(C)=C(NC(=O)CCCN2CCC(c3ccccc3)(c3ccccc3)CC2)C1c1ccoc1. The average molecular weight is 554 g/mol. The van der Waals surface area contributed by atoms with Gasteiger partial charge in [-0.2, -0.15) is 0 Å². The van der Waals surface area contributed by atoms with E-state index in [4.69, 9.17) is 9.15 Å². The Morgan fingerprint density at radius 1 is 0.976 bits per heavy atom. The average Bonchev–Trinajstić information content (AvgIpc) is 3.54. The number of piperidine rings is 1. The van der Waals surface area contributed by atoms with Gasteiger partial charge in [0.1, 0.15) is 0 Å². The Morgan fingerprint density at radius 2 is 1.61 bits per heavy atom. The van der Waals surface area contributed by atoms with Gasteiger partial charge < -0.3 is 24.7 Å². The molecule has 5 rings (SSSR count). The largest absolute Gasteiger partial charge is 0.472 e. The third-order valence-corrected chi connectivity index (χ3v) is 8.56. The summed E-state index contributed by atoms with van der Waals surface area (Å²) >= 11 is 0. The zero-order valence-electron chi connectivity index (χ0n) is 24.1. The molecule has 41 heavy (non-hydrogen) atoms. The molecule has 2 aromatic carbocycles. The van der Waals surface area contributed by atoms with E-state index in [1.54, 1.807) is 12.5 Å². The van der Waals surface area contributed by atoms with Crippen LogP contribution in [0.1, 0.15) is 62.1 Å². The molecular formula is C34H39N3O4. The summed E-state index contributed by atoms with van der Waals surface area (Å²) in [5, 5.41) is 6.35. The van der Waals surface area contributed by atoms with Crippen molar-refractivity contribution in [1.82, 2.24) is 15.5 Å². The number of esters is 1. The predicted molar refractivity (Wildman–Crippen MR) is 159 cm³/mol. The zero-order valence-corrected chi connectivity index (χ0v) is 24.1. The zero-order chi connectivity index (χ0) is 28.8. The van der Waals surface area contributed by atoms with Crippen LogP contribution in [-0.4, -0.2) is 43.5 Å². The van der Waals surface area contributed by atoms with Crippen LogP contribution >= 0.6 is 0 Å². The normalized spacial score (nSPS) is 19.0. The fourth-order valence-electron chi connectivity index (χ4n) is 6.41. The number of hydrogen-bond donors (Lipinski definition) is 2. The summed E-state index contributed by atoms with van der Waals surface area (Å²) in [4.78, 5) is 28.3. The Morgan fingerprint density at radius 3 is 2.17 bits per heavy atom. The Bertz CT molecular complexity index is 1360. The third kappa shape index (κ3) is 6.00. The summed E-state index contributed by atoms with van der Waals surface area (Å²) in [5.41, 5.74) is 6.15. The second-order valence-corrected chi connectivity index (χ2v) is 11.0. The standard InChI is InChI=1S/C34H39N3O4/c1-24-30(33(39)40-3)31(26-16-22-41-23-26)32(25(2)35-24)36-29(38)15-10-19-37-20-17-34(18-21-37,27-11-6-4-7-12-27)28-13-8-5-9-14-28/h4-9,11-14,16,22-23,31,35H,10,15,17-21H2,1-3H3,(H,36,38). The number of hydrogen-bond acceptors (Lipinski definition) is 6. The minimum atomic E-state index is -0.474. The molecule has 7 heteroatoms. The van der Waals surface area contributed by atoms with Crippen LogP contribution < -0.4 is 10.6 Å². The Hall–Kier alpha value is -4.10. The van der Waals surface area contributed by atoms with Gasteiger partial charge in [-0.15, -0.1) is 0 Å². The second kappa shape index (κ2) is 12.6. The van der Waals surface area contributed by atoms with Gasteiger partial charge in [0.25, 0.3) is 0 Å². The highest BCUT2D eigenvalue weighted by Crippen LogP contribution is 2.42. The monoisotopic (exact) mass is 553 g/mol. The van der Waals surface area contributed by atoms with Crippen LogP contribution in [0.5, 0.6) is 0 Å². The predicted octanol–water partition coefficient (Wildman–Crippen LogP) is 5.62. The highest BCUT2D eigenvalue weighted by Gasteiger charge is 2.38. The molecule has 1 unspecified atom stereocenters. The lowest BCUT2D eigenvalue weighted by Crippen LogP contribution is -2.43. The van der Waals surface area contributed by atoms with E-state index < -0.39 is 11.9 Å². The first-order chi connectivity index (χ1) is 19.9. The highest BCUT2D eigenvalue weighted by atomic mass is 16.5. The highest BCUT2D eigenvalue weighted by molar-refractivity contribution is 5.93. The smallest absolute Gasteiger partial charge is 0.336 e. The van der Waals surface area contributed by atoms with Crippen molar-refractivity contribution in [2.24, 2.45) is 0 Å². The quantitative estimate of drug-likeness (QED) is 0.335. The Labute approximate surface area is 242 Å². The number of likely N-dealkylation sites (tertiary alicyclic amines) is 1. The number of allylic oxidation sites excluding steroid dienone is 3. The summed E-state index contributed by atoms with van der Waals surface area (Å²) in [6, 6.07) is 23.5. The molecule has 7 nitrogen and oxygen atoms in total. The number of nitrogens with zero attached hydrogens (tertiary/aromatic N) is 1. The lowest BCUT2D eigenvalue weighted by molar-refractivity contribution is -0.136. The van der Waals surface area contributed by atoms with Crippen molar-refractivity contribution in [3.05, 3.63) is 119 Å². The molecule has 3 heterocycles. The number of furan rings is 1. The molecule has 1 aromatic heterocycles. The van der Waals surface area contributed by atoms with E-state index >= 15 is 0 Å². The second-order valence-electron chi connectivity index (χ2n) is 11.0. The fourth-order valence-corrected chi connectivity index (χ4v) is 6.41. The fraction of sp³-hybridized carbons (Fsp3) is 0.353. The number of dihydropyridines is 1. The molecule has 0 radical (unpaired) electrons. The van der Waals surface area contributed by atoms with Crippen LogP contribution in [0.15, 0.2) is 106 Å². The van der Waals surface area contributed by atoms with Crippen molar-refractivity contribution < 1.29 is 18.7 Å². The number of benzene rings is 2. The van der Waals surface area contributed by atoms with Crippen LogP contribution in [0.25, 0.3) is 0 Å². The van der Waals surface area contributed by atoms with Gasteiger partial charge in [-0.3, -0.25) is 4.79 Å². The minimum absolute atomic E-state index is 0.0134. The number of carbonyl (C=O) groups is 2. The molecule has 0 spiro atoms. The minimum Gasteiger partial charge on any atom is -0.472 e. The molecule has 3 aromatic rings. The topological polar surface area (TPSA) is 83.8 Å². The summed E-state index contributed by atoms with van der Waals surface area (Å²) < 4.78 is 10.4. The number of rotatable bonds is 9. The maximum absolute atomic E-state index is 13.2. The van der Waals surface area contributed by atoms with Gasteiger partial charge in [0.05, 0.1) is 31.1 Å². The lowest BCUT2D eigenvalue weighted by atomic mass is 9.68. The van der Waals surface area contributed by atoms with Crippen molar-refractivity contribution in [2.75, 3.05) is 26.7 Å². The van der Waals surface area contributed by atoms with Crippen molar-refractivity contribution in [1.29, 1.82) is 0 Å². The van der Waals surface area contributed by atoms with E-state index in [1.165, 1.54) is 18.2 Å². The number of nitrogens with one attached hydrogen (secondary N) is 2. The molecule has 2 aliphatic rings. The van der Waals surface area contributed by atoms with E-state index in [0.29, 0.717) is 23.4 Å². The van der Waals surface area contributed by atoms with E-state index in [-0.39, 0.29) is 11.3 Å². The van der Waals surface area contributed by atoms with Crippen molar-refractivity contribution in [3.63, 3.8) is 0 Å². The molecule has 1 atom stereocenters. The number of methoxy groups -OCH3 is 1. The Kier molecular flexibility index (Phi) is 8.74. The van der Waals surface area contributed by atoms with Crippen molar-refractivity contribution >= 4 is 11.9 Å². The van der Waals surface area contributed by atoms with Gasteiger partial charge in [-0.25, -0.2) is 4.79 Å². The van der Waals surface area contributed by atoms with Crippen LogP contribution in [0, 0.1) is 0 Å². The first-order valence-corrected chi connectivity index (χ1v) is 14.3. The molecule has 214 valence electrons. The van der Waals surface area contributed by atoms with Crippen LogP contribution in [-0.2, 0) is 19.7 Å². The molecule has 1 saturated heterocycles. The Balaban J connectivity index is 1.20. The summed E-state index contributed by atoms with van der Waals surface area (Å²) in [5.74, 6) is -0.983. The van der Waals surface area contributed by atoms with Gasteiger partial charge in [0.15, 0.2) is 0 Å². The molecule has 0 saturated carbocycles. The van der Waals surface area contributed by atoms with E-state index in [2.05, 4.69) is 76.2 Å². The maximum Gasteiger partial charge on any atom is 0.336 e. The summed E-state index contributed by atoms with van der Waals surface area (Å²) in [6.45, 7) is 6.56. The molecular weight excluding hydrogens is 514 g/mol. The summed E-state index contributed by atoms with van der Waals surface area (Å²) in [6.07, 6.45) is 6.40. The molecule has 0 bridgehead atoms. The van der Waals surface area contributed by atoms with Crippen molar-refractivity contribution in [2.45, 2.75) is 50.9 Å². The lowest BCUT2D eigenvalue weighted by Gasteiger charge is -2.43. The van der Waals surface area contributed by atoms with E-state index in [9.17, 15) is 9.59 Å². The van der Waals surface area contributed by atoms with Crippen LogP contribution in [0.3, 0.4) is 0 Å². The van der Waals surface area contributed by atoms with Gasteiger partial charge >= 0.3 is 5.97 Å². The van der Waals surface area contributed by atoms with E-state index in [1.807, 2.05) is 19.9 Å². The first-order valence-electron chi connectivity index (χ1n) is 14.3. The maximum atomic E-state index is 13.2. The van der Waals surface area contributed by atoms with Gasteiger partial charge in [-0.05, 0) is 69.9 Å². The molecule has 1 fully saturated rings. The number of carbonyl (C=O) groups excluding carboxylic acids is 2. The van der Waals surface area contributed by atoms with Crippen molar-refractivity contribution in [3.8, 4) is 0 Å². The number of amides is 1. The third-order valence-electron chi connectivity index (χ3n) is 8.56. The molecule has 2 N–H and O–H groups in total. The van der Waals surface area contributed by atoms with Crippen LogP contribution in [0.2, 0.25) is 0 Å². The van der Waals surface area contributed by atoms with Crippen LogP contribution in [0.4, 0.5) is 0 Å². The van der Waals surface area contributed by atoms with Gasteiger partial charge in [0.2, 0.25) is 5.91 Å².